The SMILES string of the molecule is CC(C)CCOC(C)C(=O)OCC(=O)N1CCc2cc([N+](=O)[O-])ccc21. The van der Waals surface area contributed by atoms with E-state index in [4.69, 9.17) is 9.47 Å². The van der Waals surface area contributed by atoms with Crippen molar-refractivity contribution in [3.05, 3.63) is 33.9 Å². The summed E-state index contributed by atoms with van der Waals surface area (Å²) in [5, 5.41) is 10.8. The molecule has 0 aromatic heterocycles. The molecule has 26 heavy (non-hydrogen) atoms. The van der Waals surface area contributed by atoms with Crippen LogP contribution >= 0.6 is 0 Å². The fourth-order valence-electron chi connectivity index (χ4n) is 2.64. The predicted molar refractivity (Wildman–Crippen MR) is 95.0 cm³/mol. The van der Waals surface area contributed by atoms with Crippen molar-refractivity contribution in [2.45, 2.75) is 39.7 Å². The second-order valence-electron chi connectivity index (χ2n) is 6.67. The van der Waals surface area contributed by atoms with Gasteiger partial charge in [-0.25, -0.2) is 4.79 Å². The van der Waals surface area contributed by atoms with Gasteiger partial charge in [-0.3, -0.25) is 14.9 Å². The van der Waals surface area contributed by atoms with Crippen molar-refractivity contribution in [2.24, 2.45) is 5.92 Å². The van der Waals surface area contributed by atoms with E-state index in [2.05, 4.69) is 13.8 Å². The summed E-state index contributed by atoms with van der Waals surface area (Å²) < 4.78 is 10.5. The second kappa shape index (κ2) is 8.75. The number of esters is 1. The van der Waals surface area contributed by atoms with Gasteiger partial charge in [0.05, 0.1) is 4.92 Å². The van der Waals surface area contributed by atoms with E-state index in [0.29, 0.717) is 31.2 Å². The van der Waals surface area contributed by atoms with Gasteiger partial charge in [-0.2, -0.15) is 0 Å². The minimum Gasteiger partial charge on any atom is -0.454 e. The third-order valence-electron chi connectivity index (χ3n) is 4.20. The molecule has 0 spiro atoms. The van der Waals surface area contributed by atoms with Crippen LogP contribution in [-0.4, -0.2) is 42.7 Å². The van der Waals surface area contributed by atoms with E-state index < -0.39 is 17.0 Å². The predicted octanol–water partition coefficient (Wildman–Crippen LogP) is 2.48. The zero-order valence-corrected chi connectivity index (χ0v) is 15.3. The molecule has 142 valence electrons. The minimum absolute atomic E-state index is 0.00292. The third kappa shape index (κ3) is 5.01. The number of rotatable bonds is 8. The zero-order chi connectivity index (χ0) is 19.3. The summed E-state index contributed by atoms with van der Waals surface area (Å²) in [6, 6.07) is 4.39. The number of carbonyl (C=O) groups excluding carboxylic acids is 2. The minimum atomic E-state index is -0.727. The van der Waals surface area contributed by atoms with Crippen molar-refractivity contribution in [3.8, 4) is 0 Å². The van der Waals surface area contributed by atoms with Gasteiger partial charge in [0.2, 0.25) is 0 Å². The molecular weight excluding hydrogens is 340 g/mol. The number of nitro groups is 1. The Labute approximate surface area is 152 Å². The third-order valence-corrected chi connectivity index (χ3v) is 4.20. The lowest BCUT2D eigenvalue weighted by molar-refractivity contribution is -0.384. The van der Waals surface area contributed by atoms with E-state index >= 15 is 0 Å². The fourth-order valence-corrected chi connectivity index (χ4v) is 2.64. The van der Waals surface area contributed by atoms with Crippen LogP contribution in [-0.2, 0) is 25.5 Å². The number of nitro benzene ring substituents is 1. The number of carbonyl (C=O) groups is 2. The van der Waals surface area contributed by atoms with Gasteiger partial charge in [-0.1, -0.05) is 13.8 Å². The number of non-ortho nitro benzene ring substituents is 1. The van der Waals surface area contributed by atoms with Crippen LogP contribution < -0.4 is 4.90 Å². The lowest BCUT2D eigenvalue weighted by Gasteiger charge is -2.18. The molecule has 0 aliphatic carbocycles. The first-order valence-corrected chi connectivity index (χ1v) is 8.65. The van der Waals surface area contributed by atoms with Crippen LogP contribution in [0.1, 0.15) is 32.8 Å². The molecule has 0 saturated carbocycles. The average Bonchev–Trinajstić information content (AvgIpc) is 3.02. The van der Waals surface area contributed by atoms with Crippen LogP contribution in [0.5, 0.6) is 0 Å². The first-order chi connectivity index (χ1) is 12.3. The van der Waals surface area contributed by atoms with Gasteiger partial charge < -0.3 is 14.4 Å². The quantitative estimate of drug-likeness (QED) is 0.399. The van der Waals surface area contributed by atoms with E-state index in [0.717, 1.165) is 12.0 Å². The largest absolute Gasteiger partial charge is 0.454 e. The molecule has 0 bridgehead atoms. The molecule has 8 heteroatoms. The number of hydrogen-bond donors (Lipinski definition) is 0. The van der Waals surface area contributed by atoms with E-state index in [1.54, 1.807) is 13.0 Å². The molecule has 0 radical (unpaired) electrons. The fraction of sp³-hybridized carbons (Fsp3) is 0.556. The molecular formula is C18H24N2O6. The highest BCUT2D eigenvalue weighted by Gasteiger charge is 2.27. The van der Waals surface area contributed by atoms with E-state index in [1.165, 1.54) is 17.0 Å². The molecule has 1 aromatic carbocycles. The Bertz CT molecular complexity index is 688. The van der Waals surface area contributed by atoms with Crippen molar-refractivity contribution >= 4 is 23.3 Å². The van der Waals surface area contributed by atoms with Crippen molar-refractivity contribution in [1.82, 2.24) is 0 Å². The van der Waals surface area contributed by atoms with Gasteiger partial charge in [0.15, 0.2) is 12.7 Å². The Morgan fingerprint density at radius 2 is 2.04 bits per heavy atom. The molecule has 0 saturated heterocycles. The first kappa shape index (κ1) is 19.8. The van der Waals surface area contributed by atoms with Crippen molar-refractivity contribution in [2.75, 3.05) is 24.7 Å². The van der Waals surface area contributed by atoms with Crippen molar-refractivity contribution in [1.29, 1.82) is 0 Å². The Morgan fingerprint density at radius 3 is 2.69 bits per heavy atom. The highest BCUT2D eigenvalue weighted by Crippen LogP contribution is 2.31. The normalized spacial score (nSPS) is 14.2. The summed E-state index contributed by atoms with van der Waals surface area (Å²) in [6.45, 7) is 6.21. The summed E-state index contributed by atoms with van der Waals surface area (Å²) in [4.78, 5) is 36.1. The van der Waals surface area contributed by atoms with Crippen LogP contribution in [0.3, 0.4) is 0 Å². The summed E-state index contributed by atoms with van der Waals surface area (Å²) in [5.41, 5.74) is 1.36. The molecule has 1 aliphatic rings. The molecule has 1 unspecified atom stereocenters. The van der Waals surface area contributed by atoms with Gasteiger partial charge in [0.25, 0.3) is 11.6 Å². The molecule has 1 amide bonds. The Balaban J connectivity index is 1.86. The molecule has 0 N–H and O–H groups in total. The van der Waals surface area contributed by atoms with Gasteiger partial charge in [0, 0.05) is 31.0 Å². The number of fused-ring (bicyclic) bond motifs is 1. The molecule has 1 aromatic rings. The van der Waals surface area contributed by atoms with Gasteiger partial charge in [-0.15, -0.1) is 0 Å². The maximum absolute atomic E-state index is 12.3. The van der Waals surface area contributed by atoms with Gasteiger partial charge in [-0.05, 0) is 37.3 Å². The smallest absolute Gasteiger partial charge is 0.335 e. The van der Waals surface area contributed by atoms with E-state index in [9.17, 15) is 19.7 Å². The second-order valence-corrected chi connectivity index (χ2v) is 6.67. The van der Waals surface area contributed by atoms with Crippen LogP contribution in [0.4, 0.5) is 11.4 Å². The number of hydrogen-bond acceptors (Lipinski definition) is 6. The molecule has 1 atom stereocenters. The standard InChI is InChI=1S/C18H24N2O6/c1-12(2)7-9-25-13(3)18(22)26-11-17(21)19-8-6-14-10-15(20(23)24)4-5-16(14)19/h4-5,10,12-13H,6-9,11H2,1-3H3. The average molecular weight is 364 g/mol. The summed E-state index contributed by atoms with van der Waals surface area (Å²) in [5.74, 6) is -0.462. The number of anilines is 1. The Morgan fingerprint density at radius 1 is 1.31 bits per heavy atom. The van der Waals surface area contributed by atoms with E-state index in [1.807, 2.05) is 0 Å². The molecule has 8 nitrogen and oxygen atoms in total. The van der Waals surface area contributed by atoms with Crippen LogP contribution in [0.2, 0.25) is 0 Å². The van der Waals surface area contributed by atoms with Crippen LogP contribution in [0, 0.1) is 16.0 Å². The van der Waals surface area contributed by atoms with Crippen molar-refractivity contribution < 1.29 is 24.0 Å². The highest BCUT2D eigenvalue weighted by molar-refractivity contribution is 5.97. The molecule has 1 aliphatic heterocycles. The lowest BCUT2D eigenvalue weighted by atomic mass is 10.1. The lowest BCUT2D eigenvalue weighted by Crippen LogP contribution is -2.35. The zero-order valence-electron chi connectivity index (χ0n) is 15.3. The summed E-state index contributed by atoms with van der Waals surface area (Å²) in [6.07, 6.45) is 0.647. The molecule has 2 rings (SSSR count). The Hall–Kier alpha value is -2.48. The maximum Gasteiger partial charge on any atom is 0.335 e. The van der Waals surface area contributed by atoms with E-state index in [-0.39, 0.29) is 18.2 Å². The first-order valence-electron chi connectivity index (χ1n) is 8.65. The topological polar surface area (TPSA) is 99.0 Å². The summed E-state index contributed by atoms with van der Waals surface area (Å²) >= 11 is 0. The molecule has 1 heterocycles. The number of nitrogens with zero attached hydrogens (tertiary/aromatic N) is 2. The number of amides is 1. The van der Waals surface area contributed by atoms with Gasteiger partial charge in [0.1, 0.15) is 0 Å². The maximum atomic E-state index is 12.3. The number of benzene rings is 1. The van der Waals surface area contributed by atoms with Crippen LogP contribution in [0.15, 0.2) is 18.2 Å². The van der Waals surface area contributed by atoms with Crippen LogP contribution in [0.25, 0.3) is 0 Å². The monoisotopic (exact) mass is 364 g/mol. The Kier molecular flexibility index (Phi) is 6.68. The van der Waals surface area contributed by atoms with Crippen molar-refractivity contribution in [3.63, 3.8) is 0 Å². The highest BCUT2D eigenvalue weighted by atomic mass is 16.6. The summed E-state index contributed by atoms with van der Waals surface area (Å²) in [7, 11) is 0. The molecule has 0 fully saturated rings. The number of ether oxygens (including phenoxy) is 2. The van der Waals surface area contributed by atoms with Gasteiger partial charge >= 0.3 is 5.97 Å².